The van der Waals surface area contributed by atoms with Crippen LogP contribution in [0.1, 0.15) is 27.2 Å². The van der Waals surface area contributed by atoms with E-state index < -0.39 is 0 Å². The Kier molecular flexibility index (Phi) is 1.99. The van der Waals surface area contributed by atoms with Gasteiger partial charge in [-0.2, -0.15) is 0 Å². The first kappa shape index (κ1) is 8.25. The van der Waals surface area contributed by atoms with Gasteiger partial charge in [0.25, 0.3) is 0 Å². The summed E-state index contributed by atoms with van der Waals surface area (Å²) in [5.74, 6) is 0. The minimum Gasteiger partial charge on any atom is -0.261 e. The first-order chi connectivity index (χ1) is 5.05. The van der Waals surface area contributed by atoms with E-state index in [1.54, 1.807) is 0 Å². The number of hydrogen-bond acceptors (Lipinski definition) is 1. The maximum atomic E-state index is 4.24. The molecule has 0 unspecified atom stereocenters. The predicted molar refractivity (Wildman–Crippen MR) is 49.8 cm³/mol. The van der Waals surface area contributed by atoms with Gasteiger partial charge in [-0.1, -0.05) is 27.4 Å². The van der Waals surface area contributed by atoms with Crippen molar-refractivity contribution in [1.29, 1.82) is 0 Å². The Labute approximate surface area is 68.5 Å². The molecule has 0 radical (unpaired) electrons. The number of rotatable bonds is 1. The molecule has 0 amide bonds. The van der Waals surface area contributed by atoms with E-state index in [2.05, 4.69) is 32.3 Å². The zero-order valence-electron chi connectivity index (χ0n) is 7.52. The van der Waals surface area contributed by atoms with E-state index in [1.807, 2.05) is 12.3 Å². The summed E-state index contributed by atoms with van der Waals surface area (Å²) in [5.41, 5.74) is 2.70. The van der Waals surface area contributed by atoms with Crippen LogP contribution in [-0.2, 0) is 0 Å². The Morgan fingerprint density at radius 3 is 2.55 bits per heavy atom. The average molecular weight is 149 g/mol. The van der Waals surface area contributed by atoms with Gasteiger partial charge in [-0.05, 0) is 17.1 Å². The lowest BCUT2D eigenvalue weighted by molar-refractivity contribution is 0.496. The van der Waals surface area contributed by atoms with Gasteiger partial charge in [-0.3, -0.25) is 4.99 Å². The summed E-state index contributed by atoms with van der Waals surface area (Å²) in [5, 5.41) is 0. The van der Waals surface area contributed by atoms with Crippen molar-refractivity contribution in [3.63, 3.8) is 0 Å². The molecule has 0 saturated heterocycles. The summed E-state index contributed by atoms with van der Waals surface area (Å²) in [7, 11) is 0. The van der Waals surface area contributed by atoms with Gasteiger partial charge in [0.1, 0.15) is 0 Å². The predicted octanol–water partition coefficient (Wildman–Crippen LogP) is 2.95. The summed E-state index contributed by atoms with van der Waals surface area (Å²) in [6.07, 6.45) is 4.78. The maximum absolute atomic E-state index is 4.24. The lowest BCUT2D eigenvalue weighted by Crippen LogP contribution is -2.09. The minimum absolute atomic E-state index is 0.236. The third-order valence-electron chi connectivity index (χ3n) is 1.93. The van der Waals surface area contributed by atoms with Crippen molar-refractivity contribution < 1.29 is 0 Å². The quantitative estimate of drug-likeness (QED) is 0.543. The van der Waals surface area contributed by atoms with Crippen LogP contribution in [-0.4, -0.2) is 6.21 Å². The van der Waals surface area contributed by atoms with Crippen LogP contribution >= 0.6 is 0 Å². The van der Waals surface area contributed by atoms with Gasteiger partial charge in [0.2, 0.25) is 0 Å². The summed E-state index contributed by atoms with van der Waals surface area (Å²) < 4.78 is 0. The van der Waals surface area contributed by atoms with E-state index in [1.165, 1.54) is 5.57 Å². The zero-order valence-corrected chi connectivity index (χ0v) is 7.52. The number of aliphatic imine (C=N–C) groups is 1. The molecule has 1 nitrogen and oxygen atoms in total. The second-order valence-electron chi connectivity index (χ2n) is 3.83. The van der Waals surface area contributed by atoms with E-state index in [9.17, 15) is 0 Å². The van der Waals surface area contributed by atoms with Crippen LogP contribution in [0, 0.1) is 5.41 Å². The lowest BCUT2D eigenvalue weighted by Gasteiger charge is -2.20. The van der Waals surface area contributed by atoms with Gasteiger partial charge in [0.05, 0.1) is 5.70 Å². The molecule has 1 aliphatic heterocycles. The Morgan fingerprint density at radius 1 is 1.55 bits per heavy atom. The molecular formula is C10H15N. The van der Waals surface area contributed by atoms with Crippen LogP contribution in [0.25, 0.3) is 0 Å². The highest BCUT2D eigenvalue weighted by Gasteiger charge is 2.21. The standard InChI is InChI=1S/C10H15N/c1-5-9-8(6-7-11-9)10(2,3)4/h5,7H,1,6H2,2-4H3. The van der Waals surface area contributed by atoms with Crippen molar-refractivity contribution in [3.8, 4) is 0 Å². The largest absolute Gasteiger partial charge is 0.261 e. The molecule has 0 spiro atoms. The average Bonchev–Trinajstić information content (AvgIpc) is 2.31. The van der Waals surface area contributed by atoms with E-state index in [-0.39, 0.29) is 5.41 Å². The van der Waals surface area contributed by atoms with Crippen molar-refractivity contribution in [2.24, 2.45) is 10.4 Å². The molecule has 0 aromatic rings. The molecule has 11 heavy (non-hydrogen) atoms. The molecule has 0 N–H and O–H groups in total. The fraction of sp³-hybridized carbons (Fsp3) is 0.500. The molecule has 1 aliphatic rings. The number of hydrogen-bond donors (Lipinski definition) is 0. The first-order valence-electron chi connectivity index (χ1n) is 3.94. The molecule has 0 atom stereocenters. The van der Waals surface area contributed by atoms with Crippen molar-refractivity contribution in [2.45, 2.75) is 27.2 Å². The van der Waals surface area contributed by atoms with Crippen LogP contribution in [0.3, 0.4) is 0 Å². The highest BCUT2D eigenvalue weighted by molar-refractivity contribution is 5.69. The molecule has 60 valence electrons. The van der Waals surface area contributed by atoms with Crippen molar-refractivity contribution in [2.75, 3.05) is 0 Å². The van der Waals surface area contributed by atoms with Gasteiger partial charge in [0, 0.05) is 12.6 Å². The molecule has 0 aromatic carbocycles. The fourth-order valence-corrected chi connectivity index (χ4v) is 1.28. The Hall–Kier alpha value is -0.850. The minimum atomic E-state index is 0.236. The molecule has 0 aromatic heterocycles. The third kappa shape index (κ3) is 1.59. The van der Waals surface area contributed by atoms with Crippen molar-refractivity contribution >= 4 is 6.21 Å². The molecule has 1 rings (SSSR count). The number of allylic oxidation sites excluding steroid dienone is 2. The Balaban J connectivity index is 2.97. The van der Waals surface area contributed by atoms with E-state index in [0.29, 0.717) is 0 Å². The van der Waals surface area contributed by atoms with Gasteiger partial charge in [-0.15, -0.1) is 0 Å². The van der Waals surface area contributed by atoms with E-state index in [4.69, 9.17) is 0 Å². The monoisotopic (exact) mass is 149 g/mol. The van der Waals surface area contributed by atoms with E-state index in [0.717, 1.165) is 12.1 Å². The molecule has 0 aliphatic carbocycles. The second-order valence-corrected chi connectivity index (χ2v) is 3.83. The topological polar surface area (TPSA) is 12.4 Å². The van der Waals surface area contributed by atoms with Crippen LogP contribution in [0.5, 0.6) is 0 Å². The van der Waals surface area contributed by atoms with Crippen molar-refractivity contribution in [3.05, 3.63) is 23.9 Å². The Morgan fingerprint density at radius 2 is 2.18 bits per heavy atom. The van der Waals surface area contributed by atoms with E-state index >= 15 is 0 Å². The third-order valence-corrected chi connectivity index (χ3v) is 1.93. The normalized spacial score (nSPS) is 17.7. The summed E-state index contributed by atoms with van der Waals surface area (Å²) in [4.78, 5) is 4.24. The zero-order chi connectivity index (χ0) is 8.48. The lowest BCUT2D eigenvalue weighted by atomic mass is 9.84. The van der Waals surface area contributed by atoms with Crippen LogP contribution in [0.4, 0.5) is 0 Å². The molecular weight excluding hydrogens is 134 g/mol. The molecule has 1 heteroatoms. The highest BCUT2D eigenvalue weighted by Crippen LogP contribution is 2.33. The summed E-state index contributed by atoms with van der Waals surface area (Å²) in [6.45, 7) is 10.4. The van der Waals surface area contributed by atoms with Gasteiger partial charge in [-0.25, -0.2) is 0 Å². The fourth-order valence-electron chi connectivity index (χ4n) is 1.28. The summed E-state index contributed by atoms with van der Waals surface area (Å²) in [6, 6.07) is 0. The van der Waals surface area contributed by atoms with Gasteiger partial charge in [0.15, 0.2) is 0 Å². The maximum Gasteiger partial charge on any atom is 0.0620 e. The van der Waals surface area contributed by atoms with Crippen LogP contribution in [0.2, 0.25) is 0 Å². The molecule has 0 fully saturated rings. The number of nitrogens with zero attached hydrogens (tertiary/aromatic N) is 1. The SMILES string of the molecule is C=CC1=C(C(C)(C)C)CC=N1. The summed E-state index contributed by atoms with van der Waals surface area (Å²) >= 11 is 0. The molecule has 0 bridgehead atoms. The Bertz CT molecular complexity index is 226. The highest BCUT2D eigenvalue weighted by atomic mass is 14.8. The second kappa shape index (κ2) is 2.65. The van der Waals surface area contributed by atoms with Crippen LogP contribution < -0.4 is 0 Å². The van der Waals surface area contributed by atoms with Gasteiger partial charge >= 0.3 is 0 Å². The van der Waals surface area contributed by atoms with Crippen molar-refractivity contribution in [1.82, 2.24) is 0 Å². The first-order valence-corrected chi connectivity index (χ1v) is 3.94. The molecule has 0 saturated carbocycles. The van der Waals surface area contributed by atoms with Gasteiger partial charge < -0.3 is 0 Å². The molecule has 1 heterocycles. The van der Waals surface area contributed by atoms with Crippen LogP contribution in [0.15, 0.2) is 28.9 Å². The smallest absolute Gasteiger partial charge is 0.0620 e.